The number of ether oxygens (including phenoxy) is 2. The molecule has 0 rings (SSSR count). The molecular weight excluding hydrogens is 798 g/mol. The summed E-state index contributed by atoms with van der Waals surface area (Å²) in [5.41, 5.74) is 0. The van der Waals surface area contributed by atoms with Gasteiger partial charge in [0.2, 0.25) is 0 Å². The summed E-state index contributed by atoms with van der Waals surface area (Å²) >= 11 is 0. The topological polar surface area (TPSA) is 108 Å². The molecule has 0 fully saturated rings. The van der Waals surface area contributed by atoms with Crippen LogP contribution >= 0.6 is 7.82 Å². The molecule has 0 saturated carbocycles. The molecule has 0 radical (unpaired) electrons. The van der Waals surface area contributed by atoms with Gasteiger partial charge in [0.25, 0.3) is 0 Å². The monoisotopic (exact) mass is 885 g/mol. The van der Waals surface area contributed by atoms with Crippen LogP contribution in [0.2, 0.25) is 0 Å². The Bertz CT molecular complexity index is 1420. The van der Waals surface area contributed by atoms with Gasteiger partial charge in [0.15, 0.2) is 6.10 Å². The smallest absolute Gasteiger partial charge is 0.462 e. The fourth-order valence-corrected chi connectivity index (χ4v) is 6.44. The highest BCUT2D eigenvalue weighted by Gasteiger charge is 2.27. The van der Waals surface area contributed by atoms with Crippen LogP contribution in [0.15, 0.2) is 109 Å². The first kappa shape index (κ1) is 58.7. The molecule has 2 atom stereocenters. The minimum absolute atomic E-state index is 0.0137. The third-order valence-electron chi connectivity index (χ3n) is 9.31. The van der Waals surface area contributed by atoms with Crippen LogP contribution in [0.1, 0.15) is 155 Å². The Kier molecular flexibility index (Phi) is 40.6. The molecule has 352 valence electrons. The number of phosphoric acid groups is 1. The maximum atomic E-state index is 12.7. The molecule has 10 heteroatoms. The summed E-state index contributed by atoms with van der Waals surface area (Å²) in [5, 5.41) is 0. The third kappa shape index (κ3) is 46.2. The second-order valence-electron chi connectivity index (χ2n) is 16.4. The molecular formula is C52H87NO8P+. The summed E-state index contributed by atoms with van der Waals surface area (Å²) < 4.78 is 34.2. The van der Waals surface area contributed by atoms with Gasteiger partial charge >= 0.3 is 19.8 Å². The lowest BCUT2D eigenvalue weighted by Gasteiger charge is -2.24. The Hall–Kier alpha value is -3.33. The van der Waals surface area contributed by atoms with E-state index in [0.29, 0.717) is 23.9 Å². The maximum Gasteiger partial charge on any atom is 0.472 e. The molecule has 0 aliphatic carbocycles. The normalized spacial score (nSPS) is 14.5. The largest absolute Gasteiger partial charge is 0.472 e. The molecule has 62 heavy (non-hydrogen) atoms. The van der Waals surface area contributed by atoms with Gasteiger partial charge in [-0.05, 0) is 83.5 Å². The highest BCUT2D eigenvalue weighted by atomic mass is 31.2. The van der Waals surface area contributed by atoms with Gasteiger partial charge in [-0.25, -0.2) is 4.57 Å². The molecule has 0 spiro atoms. The zero-order valence-electron chi connectivity index (χ0n) is 39.6. The van der Waals surface area contributed by atoms with Gasteiger partial charge in [-0.3, -0.25) is 18.6 Å². The van der Waals surface area contributed by atoms with E-state index in [-0.39, 0.29) is 26.1 Å². The number of nitrogens with zero attached hydrogens (tertiary/aromatic N) is 1. The van der Waals surface area contributed by atoms with Crippen LogP contribution < -0.4 is 0 Å². The fourth-order valence-electron chi connectivity index (χ4n) is 5.70. The van der Waals surface area contributed by atoms with E-state index in [9.17, 15) is 19.0 Å². The third-order valence-corrected chi connectivity index (χ3v) is 10.3. The number of allylic oxidation sites excluding steroid dienone is 18. The predicted octanol–water partition coefficient (Wildman–Crippen LogP) is 13.9. The number of hydrogen-bond donors (Lipinski definition) is 1. The van der Waals surface area contributed by atoms with Crippen molar-refractivity contribution >= 4 is 19.8 Å². The van der Waals surface area contributed by atoms with Crippen LogP contribution in [0, 0.1) is 0 Å². The lowest BCUT2D eigenvalue weighted by molar-refractivity contribution is -0.870. The first-order valence-corrected chi connectivity index (χ1v) is 25.1. The molecule has 0 heterocycles. The number of quaternary nitrogens is 1. The summed E-state index contributed by atoms with van der Waals surface area (Å²) in [7, 11) is 1.42. The second kappa shape index (κ2) is 42.9. The number of likely N-dealkylation sites (N-methyl/N-ethyl adjacent to an activating group) is 1. The van der Waals surface area contributed by atoms with Gasteiger partial charge in [-0.1, -0.05) is 168 Å². The highest BCUT2D eigenvalue weighted by Crippen LogP contribution is 2.43. The van der Waals surface area contributed by atoms with Crippen molar-refractivity contribution in [2.75, 3.05) is 47.5 Å². The van der Waals surface area contributed by atoms with Crippen LogP contribution in [0.25, 0.3) is 0 Å². The molecule has 0 aliphatic heterocycles. The summed E-state index contributed by atoms with van der Waals surface area (Å²) in [4.78, 5) is 35.4. The van der Waals surface area contributed by atoms with Gasteiger partial charge in [0.05, 0.1) is 27.7 Å². The van der Waals surface area contributed by atoms with E-state index in [2.05, 4.69) is 111 Å². The van der Waals surface area contributed by atoms with E-state index >= 15 is 0 Å². The Morgan fingerprint density at radius 1 is 0.500 bits per heavy atom. The van der Waals surface area contributed by atoms with Crippen molar-refractivity contribution in [2.45, 2.75) is 161 Å². The number of unbranched alkanes of at least 4 members (excludes halogenated alkanes) is 9. The lowest BCUT2D eigenvalue weighted by Crippen LogP contribution is -2.37. The Labute approximate surface area is 378 Å². The van der Waals surface area contributed by atoms with Gasteiger partial charge < -0.3 is 18.9 Å². The first-order valence-electron chi connectivity index (χ1n) is 23.6. The number of phosphoric ester groups is 1. The summed E-state index contributed by atoms with van der Waals surface area (Å²) in [6.07, 6.45) is 58.8. The van der Waals surface area contributed by atoms with Crippen molar-refractivity contribution in [3.63, 3.8) is 0 Å². The number of esters is 2. The number of carbonyl (C=O) groups is 2. The van der Waals surface area contributed by atoms with Crippen molar-refractivity contribution in [2.24, 2.45) is 0 Å². The molecule has 0 aromatic rings. The Morgan fingerprint density at radius 2 is 0.903 bits per heavy atom. The average molecular weight is 885 g/mol. The summed E-state index contributed by atoms with van der Waals surface area (Å²) in [6.45, 7) is 4.07. The zero-order valence-corrected chi connectivity index (χ0v) is 40.4. The van der Waals surface area contributed by atoms with Gasteiger partial charge in [-0.2, -0.15) is 0 Å². The molecule has 1 N–H and O–H groups in total. The van der Waals surface area contributed by atoms with Crippen LogP contribution in [0.5, 0.6) is 0 Å². The van der Waals surface area contributed by atoms with Gasteiger partial charge in [-0.15, -0.1) is 0 Å². The molecule has 0 bridgehead atoms. The van der Waals surface area contributed by atoms with Crippen LogP contribution in [-0.2, 0) is 32.7 Å². The number of hydrogen-bond acceptors (Lipinski definition) is 7. The highest BCUT2D eigenvalue weighted by molar-refractivity contribution is 7.47. The molecule has 0 saturated heterocycles. The quantitative estimate of drug-likeness (QED) is 0.0213. The SMILES string of the molecule is CC/C=C\C/C=C\C/C=C\C/C=C\C/C=C\CCCCCCCCCCCC(=O)OC(COC(=O)CC/C=C\C/C=C\C/C=C\C/C=C\CC)COP(=O)(O)OCC[N+](C)(C)C. The number of carbonyl (C=O) groups excluding carboxylic acids is 2. The van der Waals surface area contributed by atoms with Gasteiger partial charge in [0.1, 0.15) is 19.8 Å². The van der Waals surface area contributed by atoms with Crippen molar-refractivity contribution in [3.05, 3.63) is 109 Å². The van der Waals surface area contributed by atoms with Crippen molar-refractivity contribution in [1.82, 2.24) is 0 Å². The van der Waals surface area contributed by atoms with E-state index < -0.39 is 32.5 Å². The predicted molar refractivity (Wildman–Crippen MR) is 261 cm³/mol. The van der Waals surface area contributed by atoms with E-state index in [4.69, 9.17) is 18.5 Å². The van der Waals surface area contributed by atoms with Crippen LogP contribution in [0.4, 0.5) is 0 Å². The Morgan fingerprint density at radius 3 is 1.35 bits per heavy atom. The molecule has 2 unspecified atom stereocenters. The van der Waals surface area contributed by atoms with Crippen molar-refractivity contribution in [1.29, 1.82) is 0 Å². The minimum atomic E-state index is -4.40. The Balaban J connectivity index is 4.35. The molecule has 0 amide bonds. The van der Waals surface area contributed by atoms with E-state index in [1.54, 1.807) is 0 Å². The lowest BCUT2D eigenvalue weighted by atomic mass is 10.1. The average Bonchev–Trinajstić information content (AvgIpc) is 3.23. The van der Waals surface area contributed by atoms with E-state index in [1.807, 2.05) is 33.3 Å². The standard InChI is InChI=1S/C52H86NO8P/c1-6-8-10-12-14-16-18-20-21-22-23-24-25-26-27-28-29-30-31-33-35-37-39-41-43-45-52(55)61-50(49-60-62(56,57)59-47-46-53(3,4)5)48-58-51(54)44-42-40-38-36-34-32-19-17-15-13-11-9-7-2/h8-11,14-17,20-21,23-24,26-27,32,34,38,40,50H,6-7,12-13,18-19,22,25,28-31,33,35-37,39,41-49H2,1-5H3/p+1/b10-8-,11-9-,16-14-,17-15-,21-20-,24-23-,27-26-,34-32-,40-38-. The fraction of sp³-hybridized carbons (Fsp3) is 0.615. The van der Waals surface area contributed by atoms with Crippen molar-refractivity contribution < 1.29 is 42.1 Å². The van der Waals surface area contributed by atoms with Crippen LogP contribution in [0.3, 0.4) is 0 Å². The second-order valence-corrected chi connectivity index (χ2v) is 17.8. The van der Waals surface area contributed by atoms with E-state index in [1.165, 1.54) is 32.1 Å². The van der Waals surface area contributed by atoms with E-state index in [0.717, 1.165) is 83.5 Å². The molecule has 0 aliphatic rings. The van der Waals surface area contributed by atoms with Crippen molar-refractivity contribution in [3.8, 4) is 0 Å². The summed E-state index contributed by atoms with van der Waals surface area (Å²) in [5.74, 6) is -0.911. The van der Waals surface area contributed by atoms with Gasteiger partial charge in [0, 0.05) is 12.8 Å². The minimum Gasteiger partial charge on any atom is -0.462 e. The first-order chi connectivity index (χ1) is 30.0. The number of rotatable bonds is 41. The zero-order chi connectivity index (χ0) is 45.7. The summed E-state index contributed by atoms with van der Waals surface area (Å²) in [6, 6.07) is 0. The molecule has 0 aromatic heterocycles. The molecule has 0 aromatic carbocycles. The van der Waals surface area contributed by atoms with Crippen LogP contribution in [-0.4, -0.2) is 74.9 Å². The maximum absolute atomic E-state index is 12.7. The molecule has 9 nitrogen and oxygen atoms in total.